The molecule has 5 nitrogen and oxygen atoms in total. The number of hydrogen-bond donors (Lipinski definition) is 3. The van der Waals surface area contributed by atoms with Crippen molar-refractivity contribution >= 4 is 5.97 Å². The molecule has 3 N–H and O–H groups in total. The Morgan fingerprint density at radius 2 is 1.92 bits per heavy atom. The molecule has 0 aromatic rings. The second kappa shape index (κ2) is 11.4. The quantitative estimate of drug-likeness (QED) is 0.313. The SMILES string of the molecule is C=C1/C(=C\C=C2/CCC[C@]3(C)[C@@H]([C@H](C)/C=C/[C@@H](OC(=O)C(C)CO)C4CC4)CC[C@@H]23)C[C@@H](O)C[C@@H]1O. The van der Waals surface area contributed by atoms with E-state index in [4.69, 9.17) is 4.74 Å². The van der Waals surface area contributed by atoms with Crippen LogP contribution in [0.4, 0.5) is 0 Å². The summed E-state index contributed by atoms with van der Waals surface area (Å²) in [6, 6.07) is 0. The number of esters is 1. The van der Waals surface area contributed by atoms with Gasteiger partial charge in [0.1, 0.15) is 6.10 Å². The van der Waals surface area contributed by atoms with E-state index in [9.17, 15) is 20.1 Å². The van der Waals surface area contributed by atoms with Gasteiger partial charge in [0.2, 0.25) is 0 Å². The summed E-state index contributed by atoms with van der Waals surface area (Å²) in [4.78, 5) is 12.3. The summed E-state index contributed by atoms with van der Waals surface area (Å²) < 4.78 is 5.76. The molecule has 1 unspecified atom stereocenters. The Kier molecular flexibility index (Phi) is 8.63. The molecule has 0 aliphatic heterocycles. The Morgan fingerprint density at radius 1 is 1.17 bits per heavy atom. The zero-order valence-corrected chi connectivity index (χ0v) is 22.4. The van der Waals surface area contributed by atoms with Gasteiger partial charge in [-0.05, 0) is 105 Å². The van der Waals surface area contributed by atoms with Crippen molar-refractivity contribution < 1.29 is 24.9 Å². The zero-order chi connectivity index (χ0) is 26.0. The van der Waals surface area contributed by atoms with E-state index in [-0.39, 0.29) is 24.1 Å². The molecule has 0 saturated heterocycles. The maximum Gasteiger partial charge on any atom is 0.311 e. The molecule has 4 aliphatic carbocycles. The van der Waals surface area contributed by atoms with Crippen molar-refractivity contribution in [2.24, 2.45) is 35.0 Å². The second-order valence-corrected chi connectivity index (χ2v) is 12.2. The fourth-order valence-corrected chi connectivity index (χ4v) is 7.07. The minimum Gasteiger partial charge on any atom is -0.458 e. The summed E-state index contributed by atoms with van der Waals surface area (Å²) in [6.07, 6.45) is 16.5. The Balaban J connectivity index is 1.45. The van der Waals surface area contributed by atoms with Gasteiger partial charge in [-0.25, -0.2) is 0 Å². The van der Waals surface area contributed by atoms with Gasteiger partial charge in [0.05, 0.1) is 24.7 Å². The standard InChI is InChI=1S/C31H46O5/c1-19(7-14-29(23-9-10-23)36-30(35)20(2)18-32)26-12-13-27-22(6-5-15-31(26,27)4)8-11-24-16-25(33)17-28(34)21(24)3/h7-8,11,14,19-20,23,25-29,32-34H,3,5-6,9-10,12-13,15-18H2,1-2,4H3/b14-7+,22-8+,24-11-/t19-,20?,25-,26-,27+,28+,29-,31-/m1/s1. The first-order chi connectivity index (χ1) is 17.1. The van der Waals surface area contributed by atoms with E-state index in [2.05, 4.69) is 44.7 Å². The van der Waals surface area contributed by atoms with Crippen LogP contribution in [0.25, 0.3) is 0 Å². The number of allylic oxidation sites excluding steroid dienone is 4. The third kappa shape index (κ3) is 5.89. The van der Waals surface area contributed by atoms with E-state index >= 15 is 0 Å². The van der Waals surface area contributed by atoms with E-state index in [1.54, 1.807) is 6.92 Å². The average Bonchev–Trinajstić information content (AvgIpc) is 3.63. The molecule has 4 rings (SSSR count). The van der Waals surface area contributed by atoms with Gasteiger partial charge >= 0.3 is 5.97 Å². The van der Waals surface area contributed by atoms with E-state index < -0.39 is 18.1 Å². The lowest BCUT2D eigenvalue weighted by Gasteiger charge is -2.44. The summed E-state index contributed by atoms with van der Waals surface area (Å²) in [5.41, 5.74) is 3.47. The molecular weight excluding hydrogens is 452 g/mol. The number of aliphatic hydroxyl groups excluding tert-OH is 3. The molecule has 4 fully saturated rings. The summed E-state index contributed by atoms with van der Waals surface area (Å²) in [5.74, 6) is 1.16. The van der Waals surface area contributed by atoms with Crippen LogP contribution in [-0.2, 0) is 9.53 Å². The minimum absolute atomic E-state index is 0.179. The summed E-state index contributed by atoms with van der Waals surface area (Å²) in [7, 11) is 0. The predicted octanol–water partition coefficient (Wildman–Crippen LogP) is 5.27. The molecule has 4 saturated carbocycles. The van der Waals surface area contributed by atoms with Crippen LogP contribution in [0.15, 0.2) is 47.6 Å². The van der Waals surface area contributed by atoms with Crippen molar-refractivity contribution in [2.75, 3.05) is 6.61 Å². The van der Waals surface area contributed by atoms with E-state index in [0.717, 1.165) is 30.4 Å². The molecule has 0 aromatic carbocycles. The molecule has 0 bridgehead atoms. The summed E-state index contributed by atoms with van der Waals surface area (Å²) in [6.45, 7) is 10.4. The first kappa shape index (κ1) is 27.3. The number of fused-ring (bicyclic) bond motifs is 1. The smallest absolute Gasteiger partial charge is 0.311 e. The average molecular weight is 499 g/mol. The highest BCUT2D eigenvalue weighted by Gasteiger charge is 2.50. The van der Waals surface area contributed by atoms with Crippen LogP contribution in [0.5, 0.6) is 0 Å². The van der Waals surface area contributed by atoms with Crippen molar-refractivity contribution in [1.82, 2.24) is 0 Å². The van der Waals surface area contributed by atoms with Crippen LogP contribution in [0, 0.1) is 35.0 Å². The number of carbonyl (C=O) groups excluding carboxylic acids is 1. The molecule has 36 heavy (non-hydrogen) atoms. The summed E-state index contributed by atoms with van der Waals surface area (Å²) in [5, 5.41) is 29.6. The van der Waals surface area contributed by atoms with Gasteiger partial charge in [-0.1, -0.05) is 44.2 Å². The lowest BCUT2D eigenvalue weighted by atomic mass is 9.61. The predicted molar refractivity (Wildman–Crippen MR) is 142 cm³/mol. The van der Waals surface area contributed by atoms with Crippen molar-refractivity contribution in [2.45, 2.75) is 96.9 Å². The molecule has 0 radical (unpaired) electrons. The largest absolute Gasteiger partial charge is 0.458 e. The topological polar surface area (TPSA) is 87.0 Å². The normalized spacial score (nSPS) is 37.8. The second-order valence-electron chi connectivity index (χ2n) is 12.2. The van der Waals surface area contributed by atoms with Crippen molar-refractivity contribution in [3.05, 3.63) is 47.6 Å². The van der Waals surface area contributed by atoms with Crippen LogP contribution in [-0.4, -0.2) is 46.2 Å². The minimum atomic E-state index is -0.649. The molecule has 0 heterocycles. The molecule has 200 valence electrons. The highest BCUT2D eigenvalue weighted by Crippen LogP contribution is 2.59. The van der Waals surface area contributed by atoms with Crippen LogP contribution >= 0.6 is 0 Å². The number of rotatable bonds is 8. The van der Waals surface area contributed by atoms with Gasteiger partial charge in [-0.3, -0.25) is 4.79 Å². The number of ether oxygens (including phenoxy) is 1. The van der Waals surface area contributed by atoms with E-state index in [0.29, 0.717) is 36.5 Å². The van der Waals surface area contributed by atoms with Crippen LogP contribution in [0.1, 0.15) is 78.6 Å². The Labute approximate surface area is 217 Å². The van der Waals surface area contributed by atoms with Crippen LogP contribution < -0.4 is 0 Å². The number of carbonyl (C=O) groups is 1. The molecule has 0 amide bonds. The lowest BCUT2D eigenvalue weighted by molar-refractivity contribution is -0.153. The van der Waals surface area contributed by atoms with Gasteiger partial charge in [0.15, 0.2) is 0 Å². The molecular formula is C31H46O5. The van der Waals surface area contributed by atoms with Crippen LogP contribution in [0.2, 0.25) is 0 Å². The van der Waals surface area contributed by atoms with Gasteiger partial charge in [0.25, 0.3) is 0 Å². The van der Waals surface area contributed by atoms with Gasteiger partial charge in [-0.2, -0.15) is 0 Å². The first-order valence-electron chi connectivity index (χ1n) is 14.1. The fraction of sp³-hybridized carbons (Fsp3) is 0.710. The van der Waals surface area contributed by atoms with E-state index in [1.807, 2.05) is 0 Å². The van der Waals surface area contributed by atoms with Crippen LogP contribution in [0.3, 0.4) is 0 Å². The van der Waals surface area contributed by atoms with Crippen molar-refractivity contribution in [1.29, 1.82) is 0 Å². The van der Waals surface area contributed by atoms with Gasteiger partial charge in [0, 0.05) is 6.42 Å². The van der Waals surface area contributed by atoms with Crippen molar-refractivity contribution in [3.63, 3.8) is 0 Å². The highest BCUT2D eigenvalue weighted by atomic mass is 16.5. The Morgan fingerprint density at radius 3 is 2.61 bits per heavy atom. The number of aliphatic hydroxyl groups is 3. The Hall–Kier alpha value is -1.69. The molecule has 0 spiro atoms. The molecule has 4 aliphatic rings. The fourth-order valence-electron chi connectivity index (χ4n) is 7.07. The summed E-state index contributed by atoms with van der Waals surface area (Å²) >= 11 is 0. The third-order valence-corrected chi connectivity index (χ3v) is 9.56. The first-order valence-corrected chi connectivity index (χ1v) is 14.1. The maximum absolute atomic E-state index is 12.3. The monoisotopic (exact) mass is 498 g/mol. The third-order valence-electron chi connectivity index (χ3n) is 9.56. The highest BCUT2D eigenvalue weighted by molar-refractivity contribution is 5.72. The van der Waals surface area contributed by atoms with Crippen molar-refractivity contribution in [3.8, 4) is 0 Å². The lowest BCUT2D eigenvalue weighted by Crippen LogP contribution is -2.35. The van der Waals surface area contributed by atoms with Gasteiger partial charge in [-0.15, -0.1) is 0 Å². The maximum atomic E-state index is 12.3. The van der Waals surface area contributed by atoms with Gasteiger partial charge < -0.3 is 20.1 Å². The molecule has 5 heteroatoms. The van der Waals surface area contributed by atoms with E-state index in [1.165, 1.54) is 31.3 Å². The zero-order valence-electron chi connectivity index (χ0n) is 22.4. The number of hydrogen-bond acceptors (Lipinski definition) is 5. The molecule has 0 aromatic heterocycles. The Bertz CT molecular complexity index is 912. The molecule has 8 atom stereocenters.